The molecule has 2 rings (SSSR count). The van der Waals surface area contributed by atoms with E-state index in [1.54, 1.807) is 0 Å². The van der Waals surface area contributed by atoms with Crippen LogP contribution in [0.3, 0.4) is 0 Å². The van der Waals surface area contributed by atoms with E-state index in [1.165, 1.54) is 0 Å². The average Bonchev–Trinajstić information content (AvgIpc) is 3.80. The van der Waals surface area contributed by atoms with Gasteiger partial charge in [-0.1, -0.05) is 0 Å². The van der Waals surface area contributed by atoms with Crippen molar-refractivity contribution in [3.05, 3.63) is 41.3 Å². The fraction of sp³-hybridized carbons (Fsp3) is 0.733. The molecule has 0 saturated heterocycles. The standard InChI is InChI=1S/2C15H10F17Si.2ClH.Zr/c2*1-33(2,7-5-3-4-6-7)15(31,32)13(26,27)11(22,23)9(18,19)8(16,17)10(20,21)12(24,25)14(28,29)30;;;/h2*3,5H,4H2,1-2H3;2*1H;. The molecule has 0 radical (unpaired) electrons. The summed E-state index contributed by atoms with van der Waals surface area (Å²) in [5.74, 6) is -105. The van der Waals surface area contributed by atoms with Crippen molar-refractivity contribution in [3.8, 4) is 0 Å². The first-order valence-electron chi connectivity index (χ1n) is 16.7. The van der Waals surface area contributed by atoms with Crippen LogP contribution in [-0.2, 0) is 23.2 Å². The van der Waals surface area contributed by atoms with Crippen molar-refractivity contribution in [3.63, 3.8) is 0 Å². The second kappa shape index (κ2) is 18.1. The van der Waals surface area contributed by atoms with Crippen LogP contribution >= 0.6 is 24.8 Å². The number of hydrogen-bond donors (Lipinski definition) is 0. The van der Waals surface area contributed by atoms with Gasteiger partial charge in [-0.15, -0.1) is 24.8 Å². The van der Waals surface area contributed by atoms with Crippen LogP contribution in [0.15, 0.2) is 41.3 Å². The summed E-state index contributed by atoms with van der Waals surface area (Å²) in [5, 5.41) is -2.91. The summed E-state index contributed by atoms with van der Waals surface area (Å²) in [6.07, 6.45) is -16.6. The summed E-state index contributed by atoms with van der Waals surface area (Å²) in [6, 6.07) is 0. The Kier molecular flexibility index (Phi) is 17.7. The van der Waals surface area contributed by atoms with Crippen LogP contribution in [0.25, 0.3) is 0 Å². The van der Waals surface area contributed by atoms with Crippen molar-refractivity contribution < 1.29 is 173 Å². The maximum absolute atomic E-state index is 15.7. The van der Waals surface area contributed by atoms with Gasteiger partial charge in [0.2, 0.25) is 0 Å². The van der Waals surface area contributed by atoms with E-state index in [9.17, 15) is 114 Å². The third-order valence-electron chi connectivity index (χ3n) is 10.5. The van der Waals surface area contributed by atoms with Crippen LogP contribution in [0.1, 0.15) is 12.8 Å². The van der Waals surface area contributed by atoms with E-state index in [1.807, 2.05) is 0 Å². The minimum Gasteiger partial charge on any atom is -0.147 e. The van der Waals surface area contributed by atoms with Gasteiger partial charge in [0.05, 0.1) is 0 Å². The molecule has 0 aromatic carbocycles. The molecule has 0 unspecified atom stereocenters. The second-order valence-electron chi connectivity index (χ2n) is 15.4. The molecule has 0 aromatic heterocycles. The van der Waals surface area contributed by atoms with Gasteiger partial charge in [-0.3, -0.25) is 0 Å². The predicted molar refractivity (Wildman–Crippen MR) is 172 cm³/mol. The molecule has 0 atom stereocenters. The first-order chi connectivity index (χ1) is 28.7. The van der Waals surface area contributed by atoms with Gasteiger partial charge in [0.1, 0.15) is 0 Å². The molecular weight excluding hydrogens is 1220 g/mol. The topological polar surface area (TPSA) is 0 Å². The Morgan fingerprint density at radius 1 is 0.304 bits per heavy atom. The number of hydrogen-bond acceptors (Lipinski definition) is 0. The van der Waals surface area contributed by atoms with E-state index in [2.05, 4.69) is 0 Å². The fourth-order valence-electron chi connectivity index (χ4n) is 6.05. The molecule has 0 fully saturated rings. The van der Waals surface area contributed by atoms with Crippen LogP contribution in [0.4, 0.5) is 149 Å². The molecular formula is C30H22Cl2F34Si2Zr. The summed E-state index contributed by atoms with van der Waals surface area (Å²) in [4.78, 5) is 0. The van der Waals surface area contributed by atoms with Gasteiger partial charge in [-0.2, -0.15) is 0 Å². The molecule has 0 spiro atoms. The zero-order chi connectivity index (χ0) is 54.3. The minimum absolute atomic E-state index is 0. The summed E-state index contributed by atoms with van der Waals surface area (Å²) in [7, 11) is -12.9. The molecule has 39 heteroatoms. The van der Waals surface area contributed by atoms with Crippen molar-refractivity contribution >= 4 is 41.0 Å². The van der Waals surface area contributed by atoms with Crippen molar-refractivity contribution in [2.45, 2.75) is 134 Å². The quantitative estimate of drug-likeness (QED) is 0.0948. The van der Waals surface area contributed by atoms with Gasteiger partial charge >= 0.3 is 363 Å². The van der Waals surface area contributed by atoms with Crippen molar-refractivity contribution in [2.24, 2.45) is 0 Å². The summed E-state index contributed by atoms with van der Waals surface area (Å²) in [6.45, 7) is -0.977. The van der Waals surface area contributed by atoms with E-state index in [0.29, 0.717) is 12.2 Å². The number of allylic oxidation sites excluding steroid dienone is 8. The van der Waals surface area contributed by atoms with Crippen LogP contribution in [0, 0.1) is 0 Å². The Hall–Kier alpha value is -1.52. The number of alkyl halides is 34. The Morgan fingerprint density at radius 2 is 0.478 bits per heavy atom. The van der Waals surface area contributed by atoms with Gasteiger partial charge in [-0.05, 0) is 0 Å². The molecule has 0 amide bonds. The van der Waals surface area contributed by atoms with Gasteiger partial charge < -0.3 is 0 Å². The fourth-order valence-corrected chi connectivity index (χ4v) is 19.8. The van der Waals surface area contributed by atoms with E-state index in [-0.39, 0.29) is 63.2 Å². The van der Waals surface area contributed by atoms with Crippen molar-refractivity contribution in [1.29, 1.82) is 0 Å². The molecule has 0 aliphatic heterocycles. The normalized spacial score (nSPS) is 18.0. The van der Waals surface area contributed by atoms with E-state index >= 15 is 35.1 Å². The molecule has 406 valence electrons. The van der Waals surface area contributed by atoms with Gasteiger partial charge in [0, 0.05) is 0 Å². The van der Waals surface area contributed by atoms with Gasteiger partial charge in [-0.25, -0.2) is 0 Å². The zero-order valence-corrected chi connectivity index (χ0v) is 39.0. The predicted octanol–water partition coefficient (Wildman–Crippen LogP) is 15.9. The molecule has 0 N–H and O–H groups in total. The summed E-state index contributed by atoms with van der Waals surface area (Å²) >= 11 is -3.70. The van der Waals surface area contributed by atoms with Crippen LogP contribution in [0.2, 0.25) is 26.2 Å². The van der Waals surface area contributed by atoms with Gasteiger partial charge in [0.25, 0.3) is 0 Å². The first kappa shape index (κ1) is 67.5. The second-order valence-corrected chi connectivity index (χ2v) is 27.8. The van der Waals surface area contributed by atoms with Crippen LogP contribution < -0.4 is 0 Å². The summed E-state index contributed by atoms with van der Waals surface area (Å²) in [5.41, 5.74) is -14.0. The van der Waals surface area contributed by atoms with E-state index in [4.69, 9.17) is 0 Å². The van der Waals surface area contributed by atoms with Crippen molar-refractivity contribution in [2.75, 3.05) is 0 Å². The van der Waals surface area contributed by atoms with E-state index in [0.717, 1.165) is 0 Å². The van der Waals surface area contributed by atoms with Gasteiger partial charge in [0.15, 0.2) is 0 Å². The Bertz CT molecular complexity index is 1900. The zero-order valence-electron chi connectivity index (χ0n) is 32.9. The van der Waals surface area contributed by atoms with Crippen LogP contribution in [0.5, 0.6) is 0 Å². The maximum atomic E-state index is 15.7. The SMILES string of the molecule is C[Si](C)(C1=[C]([Zr][C]2=C([Si](C)(C)C(F)(F)C(F)(F)C(F)(F)C(F)(F)C(F)(F)C(F)(F)C(F)(F)C(F)(F)F)C=CC2)CC=C1)C(F)(F)C(F)(F)C(F)(F)C(F)(F)C(F)(F)C(F)(F)C(F)(F)C(F)(F)F.Cl.Cl. The van der Waals surface area contributed by atoms with Crippen LogP contribution in [-0.4, -0.2) is 111 Å². The average molecular weight is 1250 g/mol. The number of rotatable bonds is 18. The molecule has 0 bridgehead atoms. The Morgan fingerprint density at radius 3 is 0.667 bits per heavy atom. The molecule has 0 heterocycles. The summed E-state index contributed by atoms with van der Waals surface area (Å²) < 4.78 is 475. The third-order valence-corrected chi connectivity index (χ3v) is 23.0. The Balaban J connectivity index is 0.0000231. The molecule has 2 aliphatic rings. The van der Waals surface area contributed by atoms with Crippen molar-refractivity contribution in [1.82, 2.24) is 0 Å². The minimum atomic E-state index is -9.00. The van der Waals surface area contributed by atoms with E-state index < -0.39 is 164 Å². The molecule has 69 heavy (non-hydrogen) atoms. The molecule has 0 nitrogen and oxygen atoms in total. The number of halogens is 36. The monoisotopic (exact) mass is 1240 g/mol. The molecule has 0 aromatic rings. The smallest absolute Gasteiger partial charge is 0.147 e. The Labute approximate surface area is 387 Å². The first-order valence-corrected chi connectivity index (χ1v) is 25.2. The molecule has 0 saturated carbocycles. The third kappa shape index (κ3) is 8.68. The molecule has 2 aliphatic carbocycles.